The maximum atomic E-state index is 13.6. The van der Waals surface area contributed by atoms with Crippen LogP contribution in [0.2, 0.25) is 5.02 Å². The van der Waals surface area contributed by atoms with E-state index in [0.29, 0.717) is 18.7 Å². The van der Waals surface area contributed by atoms with Crippen LogP contribution in [-0.4, -0.2) is 29.4 Å². The molecule has 1 aromatic carbocycles. The van der Waals surface area contributed by atoms with Crippen molar-refractivity contribution in [3.05, 3.63) is 59.1 Å². The molecule has 24 heavy (non-hydrogen) atoms. The van der Waals surface area contributed by atoms with Crippen LogP contribution in [0.1, 0.15) is 12.0 Å². The van der Waals surface area contributed by atoms with Gasteiger partial charge in [0.05, 0.1) is 11.4 Å². The molecule has 0 unspecified atom stereocenters. The van der Waals surface area contributed by atoms with Crippen LogP contribution in [-0.2, 0) is 16.0 Å². The number of anilines is 1. The lowest BCUT2D eigenvalue weighted by molar-refractivity contribution is -0.126. The number of aromatic nitrogens is 1. The Kier molecular flexibility index (Phi) is 4.76. The SMILES string of the molecule is O=C(Cc1cccnc1)N[C@@H]1CCN(c2ccc(Cl)c(F)c2)C1=O. The van der Waals surface area contributed by atoms with Crippen molar-refractivity contribution in [1.82, 2.24) is 10.3 Å². The normalized spacial score (nSPS) is 17.2. The van der Waals surface area contributed by atoms with Gasteiger partial charge >= 0.3 is 0 Å². The van der Waals surface area contributed by atoms with Crippen molar-refractivity contribution in [1.29, 1.82) is 0 Å². The van der Waals surface area contributed by atoms with Gasteiger partial charge in [0.1, 0.15) is 11.9 Å². The zero-order valence-corrected chi connectivity index (χ0v) is 13.5. The molecule has 2 amide bonds. The van der Waals surface area contributed by atoms with E-state index in [1.165, 1.54) is 17.0 Å². The first kappa shape index (κ1) is 16.4. The molecule has 1 saturated heterocycles. The van der Waals surface area contributed by atoms with Gasteiger partial charge < -0.3 is 10.2 Å². The fourth-order valence-electron chi connectivity index (χ4n) is 2.66. The number of hydrogen-bond acceptors (Lipinski definition) is 3. The van der Waals surface area contributed by atoms with Crippen molar-refractivity contribution in [3.8, 4) is 0 Å². The average Bonchev–Trinajstić information content (AvgIpc) is 2.92. The Labute approximate surface area is 143 Å². The summed E-state index contributed by atoms with van der Waals surface area (Å²) >= 11 is 5.66. The Morgan fingerprint density at radius 2 is 2.25 bits per heavy atom. The summed E-state index contributed by atoms with van der Waals surface area (Å²) in [7, 11) is 0. The minimum absolute atomic E-state index is 0.00622. The molecule has 124 valence electrons. The number of benzene rings is 1. The first-order chi connectivity index (χ1) is 11.5. The summed E-state index contributed by atoms with van der Waals surface area (Å²) in [6.07, 6.45) is 3.87. The second-order valence-electron chi connectivity index (χ2n) is 5.54. The average molecular weight is 348 g/mol. The van der Waals surface area contributed by atoms with Crippen LogP contribution in [0.25, 0.3) is 0 Å². The highest BCUT2D eigenvalue weighted by atomic mass is 35.5. The number of carbonyl (C=O) groups excluding carboxylic acids is 2. The van der Waals surface area contributed by atoms with Crippen LogP contribution >= 0.6 is 11.6 Å². The molecule has 0 saturated carbocycles. The number of rotatable bonds is 4. The summed E-state index contributed by atoms with van der Waals surface area (Å²) in [4.78, 5) is 29.9. The van der Waals surface area contributed by atoms with Gasteiger partial charge in [0.25, 0.3) is 0 Å². The second kappa shape index (κ2) is 6.97. The molecule has 3 rings (SSSR count). The quantitative estimate of drug-likeness (QED) is 0.923. The summed E-state index contributed by atoms with van der Waals surface area (Å²) in [6, 6.07) is 7.16. The highest BCUT2D eigenvalue weighted by Crippen LogP contribution is 2.25. The number of amides is 2. The number of halogens is 2. The third-order valence-electron chi connectivity index (χ3n) is 3.84. The molecular weight excluding hydrogens is 333 g/mol. The monoisotopic (exact) mass is 347 g/mol. The molecule has 2 heterocycles. The lowest BCUT2D eigenvalue weighted by Gasteiger charge is -2.17. The number of pyridine rings is 1. The third-order valence-corrected chi connectivity index (χ3v) is 4.15. The molecule has 0 aliphatic carbocycles. The van der Waals surface area contributed by atoms with Crippen molar-refractivity contribution in [2.45, 2.75) is 18.9 Å². The topological polar surface area (TPSA) is 62.3 Å². The Morgan fingerprint density at radius 1 is 1.42 bits per heavy atom. The third kappa shape index (κ3) is 3.54. The van der Waals surface area contributed by atoms with Gasteiger partial charge in [-0.25, -0.2) is 4.39 Å². The standard InChI is InChI=1S/C17H15ClFN3O2/c18-13-4-3-12(9-14(13)19)22-7-5-15(17(22)24)21-16(23)8-11-2-1-6-20-10-11/h1-4,6,9-10,15H,5,7-8H2,(H,21,23)/t15-/m1/s1. The Morgan fingerprint density at radius 3 is 2.96 bits per heavy atom. The molecule has 1 N–H and O–H groups in total. The van der Waals surface area contributed by atoms with E-state index in [9.17, 15) is 14.0 Å². The maximum absolute atomic E-state index is 13.6. The number of nitrogens with zero attached hydrogens (tertiary/aromatic N) is 2. The van der Waals surface area contributed by atoms with Crippen molar-refractivity contribution in [2.24, 2.45) is 0 Å². The van der Waals surface area contributed by atoms with Crippen molar-refractivity contribution in [2.75, 3.05) is 11.4 Å². The van der Waals surface area contributed by atoms with Gasteiger partial charge in [0.15, 0.2) is 0 Å². The molecular formula is C17H15ClFN3O2. The number of carbonyl (C=O) groups is 2. The summed E-state index contributed by atoms with van der Waals surface area (Å²) in [5.74, 6) is -1.08. The van der Waals surface area contributed by atoms with Crippen LogP contribution < -0.4 is 10.2 Å². The van der Waals surface area contributed by atoms with Gasteiger partial charge in [-0.3, -0.25) is 14.6 Å². The van der Waals surface area contributed by atoms with Crippen molar-refractivity contribution >= 4 is 29.1 Å². The lowest BCUT2D eigenvalue weighted by atomic mass is 10.2. The van der Waals surface area contributed by atoms with Crippen LogP contribution in [0.3, 0.4) is 0 Å². The van der Waals surface area contributed by atoms with E-state index in [1.807, 2.05) is 0 Å². The molecule has 7 heteroatoms. The van der Waals surface area contributed by atoms with E-state index < -0.39 is 11.9 Å². The Hall–Kier alpha value is -2.47. The van der Waals surface area contributed by atoms with Gasteiger partial charge in [-0.15, -0.1) is 0 Å². The first-order valence-corrected chi connectivity index (χ1v) is 7.87. The van der Waals surface area contributed by atoms with E-state index in [2.05, 4.69) is 10.3 Å². The smallest absolute Gasteiger partial charge is 0.249 e. The summed E-state index contributed by atoms with van der Waals surface area (Å²) in [5, 5.41) is 2.73. The van der Waals surface area contributed by atoms with Crippen molar-refractivity contribution < 1.29 is 14.0 Å². The van der Waals surface area contributed by atoms with E-state index in [4.69, 9.17) is 11.6 Å². The molecule has 0 radical (unpaired) electrons. The fraction of sp³-hybridized carbons (Fsp3) is 0.235. The zero-order chi connectivity index (χ0) is 17.1. The van der Waals surface area contributed by atoms with Crippen LogP contribution in [0.4, 0.5) is 10.1 Å². The highest BCUT2D eigenvalue weighted by molar-refractivity contribution is 6.30. The molecule has 5 nitrogen and oxygen atoms in total. The minimum atomic E-state index is -0.604. The fourth-order valence-corrected chi connectivity index (χ4v) is 2.77. The van der Waals surface area contributed by atoms with Crippen LogP contribution in [0.15, 0.2) is 42.7 Å². The Balaban J connectivity index is 1.63. The van der Waals surface area contributed by atoms with E-state index in [1.54, 1.807) is 30.6 Å². The molecule has 2 aromatic rings. The number of nitrogens with one attached hydrogen (secondary N) is 1. The largest absolute Gasteiger partial charge is 0.344 e. The van der Waals surface area contributed by atoms with E-state index in [0.717, 1.165) is 5.56 Å². The first-order valence-electron chi connectivity index (χ1n) is 7.49. The summed E-state index contributed by atoms with van der Waals surface area (Å²) in [5.41, 5.74) is 1.21. The molecule has 1 atom stereocenters. The molecule has 0 bridgehead atoms. The minimum Gasteiger partial charge on any atom is -0.344 e. The molecule has 0 spiro atoms. The summed E-state index contributed by atoms with van der Waals surface area (Å²) in [6.45, 7) is 0.414. The Bertz CT molecular complexity index is 770. The van der Waals surface area contributed by atoms with Crippen LogP contribution in [0.5, 0.6) is 0 Å². The van der Waals surface area contributed by atoms with E-state index >= 15 is 0 Å². The molecule has 1 aliphatic rings. The highest BCUT2D eigenvalue weighted by Gasteiger charge is 2.33. The van der Waals surface area contributed by atoms with Crippen LogP contribution in [0, 0.1) is 5.82 Å². The van der Waals surface area contributed by atoms with E-state index in [-0.39, 0.29) is 23.3 Å². The lowest BCUT2D eigenvalue weighted by Crippen LogP contribution is -2.42. The molecule has 1 fully saturated rings. The van der Waals surface area contributed by atoms with Gasteiger partial charge in [0.2, 0.25) is 11.8 Å². The van der Waals surface area contributed by atoms with Gasteiger partial charge in [-0.1, -0.05) is 17.7 Å². The maximum Gasteiger partial charge on any atom is 0.249 e. The summed E-state index contributed by atoms with van der Waals surface area (Å²) < 4.78 is 13.6. The predicted molar refractivity (Wildman–Crippen MR) is 88.3 cm³/mol. The second-order valence-corrected chi connectivity index (χ2v) is 5.94. The van der Waals surface area contributed by atoms with Crippen molar-refractivity contribution in [3.63, 3.8) is 0 Å². The number of hydrogen-bond donors (Lipinski definition) is 1. The van der Waals surface area contributed by atoms with Gasteiger partial charge in [0, 0.05) is 24.6 Å². The zero-order valence-electron chi connectivity index (χ0n) is 12.7. The van der Waals surface area contributed by atoms with Gasteiger partial charge in [-0.2, -0.15) is 0 Å². The molecule has 1 aromatic heterocycles. The van der Waals surface area contributed by atoms with Gasteiger partial charge in [-0.05, 0) is 36.2 Å². The molecule has 1 aliphatic heterocycles. The predicted octanol–water partition coefficient (Wildman–Crippen LogP) is 2.34.